The Morgan fingerprint density at radius 1 is 1.19 bits per heavy atom. The molecule has 4 heterocycles. The van der Waals surface area contributed by atoms with Gasteiger partial charge in [0.15, 0.2) is 5.65 Å². The number of fused-ring (bicyclic) bond motifs is 2. The third kappa shape index (κ3) is 4.86. The summed E-state index contributed by atoms with van der Waals surface area (Å²) in [6.07, 6.45) is 0.488. The summed E-state index contributed by atoms with van der Waals surface area (Å²) in [7, 11) is 0. The van der Waals surface area contributed by atoms with Crippen molar-refractivity contribution in [2.45, 2.75) is 25.4 Å². The first-order chi connectivity index (χ1) is 17.7. The van der Waals surface area contributed by atoms with Crippen LogP contribution in [0.4, 0.5) is 10.7 Å². The van der Waals surface area contributed by atoms with E-state index in [0.717, 1.165) is 16.0 Å². The molecule has 1 aliphatic rings. The third-order valence-electron chi connectivity index (χ3n) is 6.13. The molecule has 5 N–H and O–H groups in total. The van der Waals surface area contributed by atoms with Crippen LogP contribution in [0.25, 0.3) is 16.8 Å². The van der Waals surface area contributed by atoms with Crippen LogP contribution < -0.4 is 16.6 Å². The maximum Gasteiger partial charge on any atom is 0.407 e. The second-order valence-electron chi connectivity index (χ2n) is 8.55. The van der Waals surface area contributed by atoms with Gasteiger partial charge in [0.1, 0.15) is 0 Å². The third-order valence-corrected chi connectivity index (χ3v) is 6.68. The van der Waals surface area contributed by atoms with E-state index >= 15 is 0 Å². The molecule has 1 aliphatic heterocycles. The Balaban J connectivity index is 1.44. The number of aromatic nitrogens is 5. The predicted octanol–water partition coefficient (Wildman–Crippen LogP) is 2.85. The maximum absolute atomic E-state index is 13.0. The first-order valence-electron chi connectivity index (χ1n) is 11.1. The van der Waals surface area contributed by atoms with E-state index in [1.165, 1.54) is 6.07 Å². The van der Waals surface area contributed by atoms with Gasteiger partial charge in [0.25, 0.3) is 5.56 Å². The summed E-state index contributed by atoms with van der Waals surface area (Å²) in [5.74, 6) is -0.835. The van der Waals surface area contributed by atoms with Crippen molar-refractivity contribution >= 4 is 46.8 Å². The molecular formula is C23H20Cl2N8O4. The number of carbonyl (C=O) groups is 2. The van der Waals surface area contributed by atoms with E-state index in [9.17, 15) is 19.5 Å². The molecule has 37 heavy (non-hydrogen) atoms. The fraction of sp³-hybridized carbons (Fsp3) is 0.217. The SMILES string of the molecule is NCc1cc2nnc(NC(=O)CC3CN(C(=O)O)Cc4cc(=O)[nH]nc43)n2cc1-c1ccc(Cl)cc1Cl. The van der Waals surface area contributed by atoms with Gasteiger partial charge in [-0.05, 0) is 23.8 Å². The van der Waals surface area contributed by atoms with Gasteiger partial charge in [-0.15, -0.1) is 10.2 Å². The van der Waals surface area contributed by atoms with Crippen LogP contribution in [0.3, 0.4) is 0 Å². The van der Waals surface area contributed by atoms with Crippen LogP contribution in [0, 0.1) is 0 Å². The Labute approximate surface area is 219 Å². The molecule has 4 aromatic rings. The molecule has 1 atom stereocenters. The van der Waals surface area contributed by atoms with Gasteiger partial charge in [-0.2, -0.15) is 5.10 Å². The van der Waals surface area contributed by atoms with Gasteiger partial charge >= 0.3 is 6.09 Å². The molecule has 0 aliphatic carbocycles. The van der Waals surface area contributed by atoms with Crippen molar-refractivity contribution in [3.05, 3.63) is 73.7 Å². The Kier molecular flexibility index (Phi) is 6.54. The van der Waals surface area contributed by atoms with E-state index in [-0.39, 0.29) is 32.0 Å². The van der Waals surface area contributed by atoms with Gasteiger partial charge in [-0.1, -0.05) is 29.3 Å². The van der Waals surface area contributed by atoms with Crippen molar-refractivity contribution in [2.24, 2.45) is 5.73 Å². The minimum atomic E-state index is -1.15. The van der Waals surface area contributed by atoms with Crippen molar-refractivity contribution in [3.8, 4) is 11.1 Å². The molecule has 0 saturated carbocycles. The monoisotopic (exact) mass is 542 g/mol. The lowest BCUT2D eigenvalue weighted by molar-refractivity contribution is -0.116. The largest absolute Gasteiger partial charge is 0.465 e. The quantitative estimate of drug-likeness (QED) is 0.298. The first kappa shape index (κ1) is 24.7. The summed E-state index contributed by atoms with van der Waals surface area (Å²) < 4.78 is 1.60. The second kappa shape index (κ2) is 9.81. The molecule has 1 unspecified atom stereocenters. The molecule has 0 fully saturated rings. The van der Waals surface area contributed by atoms with Crippen molar-refractivity contribution < 1.29 is 14.7 Å². The summed E-state index contributed by atoms with van der Waals surface area (Å²) in [4.78, 5) is 37.5. The molecule has 2 amide bonds. The van der Waals surface area contributed by atoms with Crippen LogP contribution in [-0.4, -0.2) is 53.3 Å². The van der Waals surface area contributed by atoms with Gasteiger partial charge in [-0.3, -0.25) is 19.3 Å². The number of anilines is 1. The summed E-state index contributed by atoms with van der Waals surface area (Å²) in [6, 6.07) is 8.17. The number of hydrogen-bond donors (Lipinski definition) is 4. The standard InChI is InChI=1S/C23H20Cl2N8O4/c24-14-1-2-15(17(25)6-14)16-10-33-18(3-11(16)7-26)28-31-22(33)27-19(34)4-12-8-32(23(36)37)9-13-5-20(35)29-30-21(12)13/h1-3,5-6,10,12H,4,7-9,26H2,(H,29,35)(H,36,37)(H,27,31,34). The number of nitrogens with zero attached hydrogens (tertiary/aromatic N) is 5. The number of carbonyl (C=O) groups excluding carboxylic acids is 1. The lowest BCUT2D eigenvalue weighted by Gasteiger charge is -2.31. The van der Waals surface area contributed by atoms with Crippen LogP contribution in [0.1, 0.15) is 29.2 Å². The summed E-state index contributed by atoms with van der Waals surface area (Å²) in [5.41, 5.74) is 9.11. The Morgan fingerprint density at radius 2 is 2.00 bits per heavy atom. The Bertz CT molecular complexity index is 1600. The fourth-order valence-corrected chi connectivity index (χ4v) is 4.95. The number of carboxylic acid groups (broad SMARTS) is 1. The van der Waals surface area contributed by atoms with Crippen LogP contribution in [0.2, 0.25) is 10.0 Å². The van der Waals surface area contributed by atoms with Crippen LogP contribution in [-0.2, 0) is 17.9 Å². The van der Waals surface area contributed by atoms with E-state index in [1.54, 1.807) is 34.9 Å². The normalized spacial score (nSPS) is 15.0. The lowest BCUT2D eigenvalue weighted by Crippen LogP contribution is -2.40. The lowest BCUT2D eigenvalue weighted by atomic mass is 9.92. The minimum Gasteiger partial charge on any atom is -0.465 e. The summed E-state index contributed by atoms with van der Waals surface area (Å²) in [6.45, 7) is 0.290. The zero-order valence-corrected chi connectivity index (χ0v) is 20.6. The number of nitrogens with two attached hydrogens (primary N) is 1. The maximum atomic E-state index is 13.0. The number of nitrogens with one attached hydrogen (secondary N) is 2. The smallest absolute Gasteiger partial charge is 0.407 e. The number of H-pyrrole nitrogens is 1. The van der Waals surface area contributed by atoms with Crippen LogP contribution >= 0.6 is 23.2 Å². The minimum absolute atomic E-state index is 0.0219. The van der Waals surface area contributed by atoms with Crippen molar-refractivity contribution in [2.75, 3.05) is 11.9 Å². The average Bonchev–Trinajstić information content (AvgIpc) is 3.24. The molecule has 3 aromatic heterocycles. The van der Waals surface area contributed by atoms with E-state index < -0.39 is 23.5 Å². The highest BCUT2D eigenvalue weighted by molar-refractivity contribution is 6.36. The Hall–Kier alpha value is -4.00. The van der Waals surface area contributed by atoms with Gasteiger partial charge in [0.2, 0.25) is 11.9 Å². The number of rotatable bonds is 5. The molecule has 190 valence electrons. The molecule has 0 bridgehead atoms. The number of hydrogen-bond acceptors (Lipinski definition) is 7. The number of halogens is 2. The van der Waals surface area contributed by atoms with Gasteiger partial charge in [0, 0.05) is 64.4 Å². The molecule has 0 saturated heterocycles. The highest BCUT2D eigenvalue weighted by atomic mass is 35.5. The molecule has 0 radical (unpaired) electrons. The van der Waals surface area contributed by atoms with E-state index in [2.05, 4.69) is 25.7 Å². The van der Waals surface area contributed by atoms with Gasteiger partial charge in [0.05, 0.1) is 12.2 Å². The van der Waals surface area contributed by atoms with E-state index in [1.807, 2.05) is 0 Å². The topological polar surface area (TPSA) is 172 Å². The number of benzene rings is 1. The van der Waals surface area contributed by atoms with Crippen LogP contribution in [0.5, 0.6) is 0 Å². The number of aromatic amines is 1. The van der Waals surface area contributed by atoms with Gasteiger partial charge < -0.3 is 15.7 Å². The van der Waals surface area contributed by atoms with E-state index in [0.29, 0.717) is 32.5 Å². The van der Waals surface area contributed by atoms with Crippen LogP contribution in [0.15, 0.2) is 41.3 Å². The summed E-state index contributed by atoms with van der Waals surface area (Å²) in [5, 5.41) is 27.8. The second-order valence-corrected chi connectivity index (χ2v) is 9.39. The van der Waals surface area contributed by atoms with Crippen molar-refractivity contribution in [1.29, 1.82) is 0 Å². The Morgan fingerprint density at radius 3 is 2.73 bits per heavy atom. The zero-order chi connectivity index (χ0) is 26.3. The van der Waals surface area contributed by atoms with Gasteiger partial charge in [-0.25, -0.2) is 9.89 Å². The fourth-order valence-electron chi connectivity index (χ4n) is 4.44. The first-order valence-corrected chi connectivity index (χ1v) is 11.9. The van der Waals surface area contributed by atoms with Crippen molar-refractivity contribution in [1.82, 2.24) is 29.7 Å². The van der Waals surface area contributed by atoms with E-state index in [4.69, 9.17) is 28.9 Å². The summed E-state index contributed by atoms with van der Waals surface area (Å²) >= 11 is 12.5. The molecule has 14 heteroatoms. The van der Waals surface area contributed by atoms with Crippen molar-refractivity contribution in [3.63, 3.8) is 0 Å². The predicted molar refractivity (Wildman–Crippen MR) is 136 cm³/mol. The molecule has 12 nitrogen and oxygen atoms in total. The highest BCUT2D eigenvalue weighted by Gasteiger charge is 2.31. The average molecular weight is 543 g/mol. The molecule has 5 rings (SSSR count). The zero-order valence-electron chi connectivity index (χ0n) is 19.1. The highest BCUT2D eigenvalue weighted by Crippen LogP contribution is 2.34. The molecular weight excluding hydrogens is 523 g/mol. The molecule has 1 aromatic carbocycles. The number of amides is 2. The molecule has 0 spiro atoms. The number of pyridine rings is 1.